The molecule has 78 valence electrons. The van der Waals surface area contributed by atoms with Gasteiger partial charge in [0.25, 0.3) is 0 Å². The quantitative estimate of drug-likeness (QED) is 0.600. The third-order valence-electron chi connectivity index (χ3n) is 1.39. The molecule has 0 heterocycles. The Morgan fingerprint density at radius 1 is 1.46 bits per heavy atom. The average Bonchev–Trinajstić information content (AvgIpc) is 2.07. The summed E-state index contributed by atoms with van der Waals surface area (Å²) in [7, 11) is 3.92. The van der Waals surface area contributed by atoms with Gasteiger partial charge in [-0.25, -0.2) is 4.79 Å². The second kappa shape index (κ2) is 9.74. The summed E-state index contributed by atoms with van der Waals surface area (Å²) in [4.78, 5) is 12.3. The Kier molecular flexibility index (Phi) is 11.3. The van der Waals surface area contributed by atoms with Crippen LogP contribution in [0.5, 0.6) is 0 Å². The molecule has 0 unspecified atom stereocenters. The Hall–Kier alpha value is -0.350. The molecule has 0 saturated carbocycles. The number of hydrogen-bond acceptors (Lipinski definition) is 2. The van der Waals surface area contributed by atoms with E-state index in [9.17, 15) is 4.79 Å². The standard InChI is InChI=1S/C8H15NO2.CH3Br/c1-7(8(10)11)5-4-6-9(2)3;1-2/h1,4-6H2,2-3H3,(H,10,11);1H3. The van der Waals surface area contributed by atoms with Crippen LogP contribution in [0.2, 0.25) is 0 Å². The summed E-state index contributed by atoms with van der Waals surface area (Å²) in [5.74, 6) is 0.927. The van der Waals surface area contributed by atoms with Crippen molar-refractivity contribution >= 4 is 21.9 Å². The number of rotatable bonds is 5. The molecule has 0 aliphatic rings. The van der Waals surface area contributed by atoms with Crippen LogP contribution in [0.4, 0.5) is 0 Å². The molecule has 0 aromatic heterocycles. The maximum absolute atomic E-state index is 10.3. The second-order valence-corrected chi connectivity index (χ2v) is 2.82. The predicted molar refractivity (Wildman–Crippen MR) is 59.4 cm³/mol. The van der Waals surface area contributed by atoms with Gasteiger partial charge in [0, 0.05) is 5.57 Å². The van der Waals surface area contributed by atoms with Gasteiger partial charge in [0.15, 0.2) is 0 Å². The van der Waals surface area contributed by atoms with E-state index in [1.165, 1.54) is 0 Å². The topological polar surface area (TPSA) is 40.5 Å². The molecule has 0 aliphatic carbocycles. The highest BCUT2D eigenvalue weighted by molar-refractivity contribution is 9.08. The van der Waals surface area contributed by atoms with Crippen molar-refractivity contribution in [2.75, 3.05) is 26.5 Å². The molecular weight excluding hydrogens is 234 g/mol. The largest absolute Gasteiger partial charge is 0.478 e. The van der Waals surface area contributed by atoms with Gasteiger partial charge in [0.05, 0.1) is 0 Å². The Balaban J connectivity index is 0. The zero-order chi connectivity index (χ0) is 10.9. The number of alkyl halides is 1. The first kappa shape index (κ1) is 15.1. The van der Waals surface area contributed by atoms with Gasteiger partial charge in [-0.3, -0.25) is 0 Å². The van der Waals surface area contributed by atoms with Gasteiger partial charge in [-0.15, -0.1) is 0 Å². The summed E-state index contributed by atoms with van der Waals surface area (Å²) < 4.78 is 0. The summed E-state index contributed by atoms with van der Waals surface area (Å²) in [6.45, 7) is 4.34. The Bertz CT molecular complexity index is 158. The second-order valence-electron chi connectivity index (χ2n) is 2.82. The van der Waals surface area contributed by atoms with E-state index in [0.29, 0.717) is 12.0 Å². The summed E-state index contributed by atoms with van der Waals surface area (Å²) in [6, 6.07) is 0. The van der Waals surface area contributed by atoms with E-state index >= 15 is 0 Å². The molecule has 0 fully saturated rings. The van der Waals surface area contributed by atoms with Crippen molar-refractivity contribution in [3.05, 3.63) is 12.2 Å². The van der Waals surface area contributed by atoms with Gasteiger partial charge in [-0.05, 0) is 39.3 Å². The maximum Gasteiger partial charge on any atom is 0.330 e. The molecule has 0 aromatic carbocycles. The van der Waals surface area contributed by atoms with Crippen LogP contribution in [0.25, 0.3) is 0 Å². The number of aliphatic carboxylic acids is 1. The van der Waals surface area contributed by atoms with E-state index in [-0.39, 0.29) is 0 Å². The first-order valence-corrected chi connectivity index (χ1v) is 5.56. The summed E-state index contributed by atoms with van der Waals surface area (Å²) in [5.41, 5.74) is 0.298. The van der Waals surface area contributed by atoms with Crippen LogP contribution in [0.15, 0.2) is 12.2 Å². The molecular formula is C9H18BrNO2. The lowest BCUT2D eigenvalue weighted by Gasteiger charge is -2.08. The van der Waals surface area contributed by atoms with Crippen molar-refractivity contribution in [1.29, 1.82) is 0 Å². The monoisotopic (exact) mass is 251 g/mol. The first-order chi connectivity index (χ1) is 6.04. The van der Waals surface area contributed by atoms with Crippen LogP contribution < -0.4 is 0 Å². The number of carbonyl (C=O) groups is 1. The van der Waals surface area contributed by atoms with E-state index in [4.69, 9.17) is 5.11 Å². The van der Waals surface area contributed by atoms with Crippen LogP contribution in [0.1, 0.15) is 12.8 Å². The van der Waals surface area contributed by atoms with Crippen LogP contribution in [0.3, 0.4) is 0 Å². The molecule has 0 amide bonds. The normalized spacial score (nSPS) is 9.00. The summed E-state index contributed by atoms with van der Waals surface area (Å²) in [5, 5.41) is 8.43. The third kappa shape index (κ3) is 11.7. The Labute approximate surface area is 88.6 Å². The Morgan fingerprint density at radius 3 is 2.23 bits per heavy atom. The molecule has 4 heteroatoms. The lowest BCUT2D eigenvalue weighted by molar-refractivity contribution is -0.132. The van der Waals surface area contributed by atoms with Crippen LogP contribution in [0, 0.1) is 0 Å². The van der Waals surface area contributed by atoms with E-state index in [1.807, 2.05) is 24.8 Å². The van der Waals surface area contributed by atoms with Crippen molar-refractivity contribution in [2.45, 2.75) is 12.8 Å². The molecule has 0 atom stereocenters. The molecule has 0 aliphatic heterocycles. The predicted octanol–water partition coefficient (Wildman–Crippen LogP) is 1.98. The maximum atomic E-state index is 10.3. The lowest BCUT2D eigenvalue weighted by atomic mass is 10.1. The molecule has 3 nitrogen and oxygen atoms in total. The van der Waals surface area contributed by atoms with Crippen molar-refractivity contribution in [3.63, 3.8) is 0 Å². The number of halogens is 1. The average molecular weight is 252 g/mol. The first-order valence-electron chi connectivity index (χ1n) is 3.97. The van der Waals surface area contributed by atoms with E-state index in [1.54, 1.807) is 0 Å². The van der Waals surface area contributed by atoms with Gasteiger partial charge >= 0.3 is 5.97 Å². The fraction of sp³-hybridized carbons (Fsp3) is 0.667. The highest BCUT2D eigenvalue weighted by Gasteiger charge is 2.02. The van der Waals surface area contributed by atoms with Crippen LogP contribution in [-0.2, 0) is 4.79 Å². The zero-order valence-electron chi connectivity index (χ0n) is 8.51. The van der Waals surface area contributed by atoms with Crippen molar-refractivity contribution in [1.82, 2.24) is 4.90 Å². The highest BCUT2D eigenvalue weighted by atomic mass is 79.9. The number of nitrogens with zero attached hydrogens (tertiary/aromatic N) is 1. The van der Waals surface area contributed by atoms with Gasteiger partial charge in [-0.2, -0.15) is 0 Å². The number of carboxylic acids is 1. The summed E-state index contributed by atoms with van der Waals surface area (Å²) >= 11 is 2.94. The lowest BCUT2D eigenvalue weighted by Crippen LogP contribution is -2.13. The molecule has 0 spiro atoms. The Morgan fingerprint density at radius 2 is 1.92 bits per heavy atom. The minimum atomic E-state index is -0.885. The van der Waals surface area contributed by atoms with Gasteiger partial charge in [-0.1, -0.05) is 22.5 Å². The fourth-order valence-electron chi connectivity index (χ4n) is 0.716. The number of hydrogen-bond donors (Lipinski definition) is 1. The molecule has 0 rings (SSSR count). The fourth-order valence-corrected chi connectivity index (χ4v) is 0.716. The minimum Gasteiger partial charge on any atom is -0.478 e. The molecule has 1 N–H and O–H groups in total. The molecule has 0 saturated heterocycles. The van der Waals surface area contributed by atoms with E-state index in [2.05, 4.69) is 22.5 Å². The zero-order valence-corrected chi connectivity index (χ0v) is 10.1. The van der Waals surface area contributed by atoms with Gasteiger partial charge in [0.2, 0.25) is 0 Å². The van der Waals surface area contributed by atoms with E-state index < -0.39 is 5.97 Å². The van der Waals surface area contributed by atoms with Gasteiger partial charge < -0.3 is 10.0 Å². The molecule has 13 heavy (non-hydrogen) atoms. The molecule has 0 bridgehead atoms. The highest BCUT2D eigenvalue weighted by Crippen LogP contribution is 2.01. The molecule has 0 aromatic rings. The van der Waals surface area contributed by atoms with Gasteiger partial charge in [0.1, 0.15) is 0 Å². The van der Waals surface area contributed by atoms with Crippen molar-refractivity contribution in [3.8, 4) is 0 Å². The van der Waals surface area contributed by atoms with E-state index in [0.717, 1.165) is 13.0 Å². The minimum absolute atomic E-state index is 0.298. The SMILES string of the molecule is C=C(CCCN(C)C)C(=O)O.CBr. The van der Waals surface area contributed by atoms with Crippen molar-refractivity contribution < 1.29 is 9.90 Å². The van der Waals surface area contributed by atoms with Crippen LogP contribution in [-0.4, -0.2) is 42.4 Å². The summed E-state index contributed by atoms with van der Waals surface area (Å²) in [6.07, 6.45) is 1.44. The van der Waals surface area contributed by atoms with Crippen molar-refractivity contribution in [2.24, 2.45) is 0 Å². The third-order valence-corrected chi connectivity index (χ3v) is 1.39. The molecule has 0 radical (unpaired) electrons. The van der Waals surface area contributed by atoms with Crippen LogP contribution >= 0.6 is 15.9 Å². The smallest absolute Gasteiger partial charge is 0.330 e. The number of carboxylic acid groups (broad SMARTS) is 1.